The average Bonchev–Trinajstić information content (AvgIpc) is 2.90. The highest BCUT2D eigenvalue weighted by Gasteiger charge is 2.19. The summed E-state index contributed by atoms with van der Waals surface area (Å²) in [5, 5.41) is 10.1. The molecule has 2 atom stereocenters. The molecular formula is C17H27NO2. The lowest BCUT2D eigenvalue weighted by molar-refractivity contribution is 0.0849. The van der Waals surface area contributed by atoms with Crippen molar-refractivity contribution in [3.05, 3.63) is 29.3 Å². The second-order valence-electron chi connectivity index (χ2n) is 6.18. The fourth-order valence-corrected chi connectivity index (χ4v) is 3.04. The third-order valence-electron chi connectivity index (χ3n) is 4.17. The standard InChI is InChI=1S/C17H27NO2/c1-12-7-8-17(16(9-12)13(2)18)20-11-15(19)10-14-5-3-4-6-14/h7-9,13-15,19H,3-6,10-11,18H2,1-2H3/t13-,15?/m0/s1. The normalized spacial score (nSPS) is 19.0. The summed E-state index contributed by atoms with van der Waals surface area (Å²) in [6, 6.07) is 5.97. The largest absolute Gasteiger partial charge is 0.491 e. The van der Waals surface area contributed by atoms with Gasteiger partial charge in [-0.2, -0.15) is 0 Å². The quantitative estimate of drug-likeness (QED) is 0.838. The number of ether oxygens (including phenoxy) is 1. The topological polar surface area (TPSA) is 55.5 Å². The fraction of sp³-hybridized carbons (Fsp3) is 0.647. The Morgan fingerprint density at radius 3 is 2.70 bits per heavy atom. The van der Waals surface area contributed by atoms with Crippen molar-refractivity contribution in [2.45, 2.75) is 58.1 Å². The van der Waals surface area contributed by atoms with Gasteiger partial charge in [0.15, 0.2) is 0 Å². The Hall–Kier alpha value is -1.06. The van der Waals surface area contributed by atoms with Crippen LogP contribution in [-0.4, -0.2) is 17.8 Å². The predicted octanol–water partition coefficient (Wildman–Crippen LogP) is 3.33. The summed E-state index contributed by atoms with van der Waals surface area (Å²) in [7, 11) is 0. The number of aliphatic hydroxyl groups excluding tert-OH is 1. The number of hydrogen-bond acceptors (Lipinski definition) is 3. The van der Waals surface area contributed by atoms with Crippen molar-refractivity contribution < 1.29 is 9.84 Å². The summed E-state index contributed by atoms with van der Waals surface area (Å²) in [6.45, 7) is 4.36. The lowest BCUT2D eigenvalue weighted by Gasteiger charge is -2.19. The molecule has 1 unspecified atom stereocenters. The van der Waals surface area contributed by atoms with Crippen molar-refractivity contribution in [3.8, 4) is 5.75 Å². The number of benzene rings is 1. The van der Waals surface area contributed by atoms with Gasteiger partial charge >= 0.3 is 0 Å². The molecule has 20 heavy (non-hydrogen) atoms. The van der Waals surface area contributed by atoms with E-state index in [0.29, 0.717) is 12.5 Å². The van der Waals surface area contributed by atoms with E-state index in [4.69, 9.17) is 10.5 Å². The summed E-state index contributed by atoms with van der Waals surface area (Å²) in [6.07, 6.45) is 5.62. The SMILES string of the molecule is Cc1ccc(OCC(O)CC2CCCC2)c([C@H](C)N)c1. The summed E-state index contributed by atoms with van der Waals surface area (Å²) in [5.74, 6) is 1.48. The molecule has 0 spiro atoms. The van der Waals surface area contributed by atoms with E-state index in [1.54, 1.807) is 0 Å². The molecule has 1 aromatic carbocycles. The van der Waals surface area contributed by atoms with E-state index in [-0.39, 0.29) is 12.1 Å². The van der Waals surface area contributed by atoms with Crippen LogP contribution in [0, 0.1) is 12.8 Å². The van der Waals surface area contributed by atoms with Gasteiger partial charge in [-0.15, -0.1) is 0 Å². The molecule has 0 aliphatic heterocycles. The Balaban J connectivity index is 1.89. The molecule has 1 aromatic rings. The Kier molecular flexibility index (Phi) is 5.44. The molecular weight excluding hydrogens is 250 g/mol. The minimum atomic E-state index is -0.375. The second-order valence-corrected chi connectivity index (χ2v) is 6.18. The van der Waals surface area contributed by atoms with Crippen LogP contribution in [0.1, 0.15) is 56.2 Å². The lowest BCUT2D eigenvalue weighted by atomic mass is 10.0. The molecule has 0 bridgehead atoms. The maximum Gasteiger partial charge on any atom is 0.124 e. The fourth-order valence-electron chi connectivity index (χ4n) is 3.04. The van der Waals surface area contributed by atoms with E-state index < -0.39 is 0 Å². The smallest absolute Gasteiger partial charge is 0.124 e. The monoisotopic (exact) mass is 277 g/mol. The zero-order chi connectivity index (χ0) is 14.5. The first-order valence-corrected chi connectivity index (χ1v) is 7.73. The first-order chi connectivity index (χ1) is 9.56. The molecule has 3 nitrogen and oxygen atoms in total. The summed E-state index contributed by atoms with van der Waals surface area (Å²) in [5.41, 5.74) is 8.17. The molecule has 3 N–H and O–H groups in total. The molecule has 0 amide bonds. The van der Waals surface area contributed by atoms with Crippen molar-refractivity contribution in [3.63, 3.8) is 0 Å². The van der Waals surface area contributed by atoms with E-state index >= 15 is 0 Å². The highest BCUT2D eigenvalue weighted by molar-refractivity contribution is 5.38. The van der Waals surface area contributed by atoms with Gasteiger partial charge in [-0.1, -0.05) is 43.4 Å². The lowest BCUT2D eigenvalue weighted by Crippen LogP contribution is -2.21. The summed E-state index contributed by atoms with van der Waals surface area (Å²) >= 11 is 0. The average molecular weight is 277 g/mol. The highest BCUT2D eigenvalue weighted by Crippen LogP contribution is 2.29. The van der Waals surface area contributed by atoms with Gasteiger partial charge in [0.1, 0.15) is 12.4 Å². The van der Waals surface area contributed by atoms with Crippen LogP contribution >= 0.6 is 0 Å². The van der Waals surface area contributed by atoms with E-state index in [1.807, 2.05) is 26.0 Å². The van der Waals surface area contributed by atoms with Crippen molar-refractivity contribution in [1.29, 1.82) is 0 Å². The molecule has 112 valence electrons. The zero-order valence-corrected chi connectivity index (χ0v) is 12.6. The molecule has 2 rings (SSSR count). The maximum absolute atomic E-state index is 10.1. The maximum atomic E-state index is 10.1. The van der Waals surface area contributed by atoms with Crippen LogP contribution in [0.15, 0.2) is 18.2 Å². The van der Waals surface area contributed by atoms with E-state index in [9.17, 15) is 5.11 Å². The minimum Gasteiger partial charge on any atom is -0.491 e. The van der Waals surface area contributed by atoms with Crippen molar-refractivity contribution in [1.82, 2.24) is 0 Å². The molecule has 3 heteroatoms. The highest BCUT2D eigenvalue weighted by atomic mass is 16.5. The predicted molar refractivity (Wildman–Crippen MR) is 81.9 cm³/mol. The Morgan fingerprint density at radius 1 is 1.35 bits per heavy atom. The Labute approximate surface area is 122 Å². The third kappa shape index (κ3) is 4.22. The van der Waals surface area contributed by atoms with Gasteiger partial charge in [-0.25, -0.2) is 0 Å². The number of hydrogen-bond donors (Lipinski definition) is 2. The van der Waals surface area contributed by atoms with E-state index in [0.717, 1.165) is 17.7 Å². The molecule has 1 saturated carbocycles. The van der Waals surface area contributed by atoms with Crippen LogP contribution in [0.3, 0.4) is 0 Å². The van der Waals surface area contributed by atoms with Crippen molar-refractivity contribution >= 4 is 0 Å². The first kappa shape index (κ1) is 15.3. The number of aryl methyl sites for hydroxylation is 1. The zero-order valence-electron chi connectivity index (χ0n) is 12.6. The van der Waals surface area contributed by atoms with E-state index in [2.05, 4.69) is 6.07 Å². The minimum absolute atomic E-state index is 0.0584. The van der Waals surface area contributed by atoms with Crippen molar-refractivity contribution in [2.75, 3.05) is 6.61 Å². The molecule has 0 radical (unpaired) electrons. The van der Waals surface area contributed by atoms with Gasteiger partial charge in [0.05, 0.1) is 6.10 Å². The number of aliphatic hydroxyl groups is 1. The van der Waals surface area contributed by atoms with Crippen molar-refractivity contribution in [2.24, 2.45) is 11.7 Å². The second kappa shape index (κ2) is 7.09. The van der Waals surface area contributed by atoms with Crippen LogP contribution < -0.4 is 10.5 Å². The summed E-state index contributed by atoms with van der Waals surface area (Å²) in [4.78, 5) is 0. The molecule has 1 aliphatic rings. The molecule has 1 fully saturated rings. The van der Waals surface area contributed by atoms with Crippen LogP contribution in [0.4, 0.5) is 0 Å². The van der Waals surface area contributed by atoms with Crippen LogP contribution in [-0.2, 0) is 0 Å². The summed E-state index contributed by atoms with van der Waals surface area (Å²) < 4.78 is 5.80. The molecule has 0 heterocycles. The number of nitrogens with two attached hydrogens (primary N) is 1. The molecule has 0 saturated heterocycles. The van der Waals surface area contributed by atoms with Crippen LogP contribution in [0.5, 0.6) is 5.75 Å². The van der Waals surface area contributed by atoms with Crippen LogP contribution in [0.2, 0.25) is 0 Å². The van der Waals surface area contributed by atoms with Gasteiger partial charge in [0.25, 0.3) is 0 Å². The van der Waals surface area contributed by atoms with Gasteiger partial charge in [-0.05, 0) is 32.3 Å². The molecule has 1 aliphatic carbocycles. The third-order valence-corrected chi connectivity index (χ3v) is 4.17. The van der Waals surface area contributed by atoms with Gasteiger partial charge in [0.2, 0.25) is 0 Å². The van der Waals surface area contributed by atoms with Gasteiger partial charge in [0, 0.05) is 11.6 Å². The van der Waals surface area contributed by atoms with E-state index in [1.165, 1.54) is 31.2 Å². The molecule has 0 aromatic heterocycles. The van der Waals surface area contributed by atoms with Gasteiger partial charge in [-0.3, -0.25) is 0 Å². The first-order valence-electron chi connectivity index (χ1n) is 7.73. The van der Waals surface area contributed by atoms with Gasteiger partial charge < -0.3 is 15.6 Å². The number of rotatable bonds is 6. The Bertz CT molecular complexity index is 425. The van der Waals surface area contributed by atoms with Crippen LogP contribution in [0.25, 0.3) is 0 Å². The Morgan fingerprint density at radius 2 is 2.05 bits per heavy atom.